The second-order valence-corrected chi connectivity index (χ2v) is 8.99. The average molecular weight is 482 g/mol. The normalized spacial score (nSPS) is 18.9. The van der Waals surface area contributed by atoms with Crippen molar-refractivity contribution in [2.75, 3.05) is 44.9 Å². The van der Waals surface area contributed by atoms with Gasteiger partial charge in [-0.05, 0) is 74.1 Å². The number of carbonyl (C=O) groups excluding carboxylic acids is 2. The number of hydrogen-bond donors (Lipinski definition) is 1. The molecule has 0 aromatic heterocycles. The predicted molar refractivity (Wildman–Crippen MR) is 120 cm³/mol. The highest BCUT2D eigenvalue weighted by Gasteiger charge is 2.32. The maximum Gasteiger partial charge on any atom is 0.265 e. The van der Waals surface area contributed by atoms with E-state index in [2.05, 4.69) is 21.2 Å². The maximum absolute atomic E-state index is 13.6. The summed E-state index contributed by atoms with van der Waals surface area (Å²) in [5.41, 5.74) is 1.23. The number of ether oxygens (including phenoxy) is 2. The quantitative estimate of drug-likeness (QED) is 0.577. The van der Waals surface area contributed by atoms with Crippen LogP contribution in [0.2, 0.25) is 0 Å². The number of fused-ring (bicyclic) bond motifs is 1. The predicted octanol–water partition coefficient (Wildman–Crippen LogP) is 3.20. The number of methoxy groups -OCH3 is 1. The highest BCUT2D eigenvalue weighted by molar-refractivity contribution is 9.10. The smallest absolute Gasteiger partial charge is 0.265 e. The lowest BCUT2D eigenvalue weighted by Gasteiger charge is -2.38. The molecule has 2 amide bonds. The summed E-state index contributed by atoms with van der Waals surface area (Å²) in [6.45, 7) is 7.16. The number of benzene rings is 1. The van der Waals surface area contributed by atoms with E-state index < -0.39 is 0 Å². The van der Waals surface area contributed by atoms with Crippen molar-refractivity contribution in [3.63, 3.8) is 0 Å². The molecule has 0 aliphatic carbocycles. The van der Waals surface area contributed by atoms with Crippen LogP contribution in [0.3, 0.4) is 0 Å². The van der Waals surface area contributed by atoms with Crippen molar-refractivity contribution in [2.45, 2.75) is 51.6 Å². The molecule has 1 aromatic rings. The van der Waals surface area contributed by atoms with Crippen LogP contribution in [0.4, 0.5) is 5.69 Å². The lowest BCUT2D eigenvalue weighted by molar-refractivity contribution is -0.121. The van der Waals surface area contributed by atoms with Crippen LogP contribution >= 0.6 is 15.9 Å². The summed E-state index contributed by atoms with van der Waals surface area (Å²) in [6, 6.07) is 3.86. The first kappa shape index (κ1) is 23.0. The van der Waals surface area contributed by atoms with Gasteiger partial charge in [0.2, 0.25) is 0 Å². The monoisotopic (exact) mass is 481 g/mol. The molecular weight excluding hydrogens is 450 g/mol. The van der Waals surface area contributed by atoms with E-state index in [-0.39, 0.29) is 30.5 Å². The molecule has 8 heteroatoms. The van der Waals surface area contributed by atoms with Gasteiger partial charge in [0.15, 0.2) is 6.61 Å². The second kappa shape index (κ2) is 10.6. The highest BCUT2D eigenvalue weighted by atomic mass is 79.9. The van der Waals surface area contributed by atoms with Gasteiger partial charge in [0.25, 0.3) is 11.8 Å². The molecule has 1 aromatic carbocycles. The van der Waals surface area contributed by atoms with Gasteiger partial charge in [0, 0.05) is 43.4 Å². The van der Waals surface area contributed by atoms with Crippen molar-refractivity contribution in [1.82, 2.24) is 10.2 Å². The highest BCUT2D eigenvalue weighted by Crippen LogP contribution is 2.38. The molecule has 1 fully saturated rings. The lowest BCUT2D eigenvalue weighted by atomic mass is 10.0. The first-order valence-electron chi connectivity index (χ1n) is 10.7. The zero-order valence-electron chi connectivity index (χ0n) is 18.1. The van der Waals surface area contributed by atoms with Gasteiger partial charge in [-0.15, -0.1) is 0 Å². The largest absolute Gasteiger partial charge is 0.482 e. The third kappa shape index (κ3) is 5.15. The van der Waals surface area contributed by atoms with E-state index in [9.17, 15) is 9.59 Å². The fourth-order valence-corrected chi connectivity index (χ4v) is 4.67. The molecule has 2 aliphatic rings. The first-order valence-corrected chi connectivity index (χ1v) is 11.5. The first-order chi connectivity index (χ1) is 14.4. The number of unbranched alkanes of at least 4 members (excludes halogenated alkanes) is 1. The van der Waals surface area contributed by atoms with Gasteiger partial charge in [-0.3, -0.25) is 9.59 Å². The van der Waals surface area contributed by atoms with Crippen LogP contribution in [0.1, 0.15) is 49.9 Å². The van der Waals surface area contributed by atoms with Gasteiger partial charge in [0.05, 0.1) is 11.3 Å². The van der Waals surface area contributed by atoms with E-state index in [4.69, 9.17) is 9.47 Å². The fraction of sp³-hybridized carbons (Fsp3) is 0.636. The molecule has 0 radical (unpaired) electrons. The van der Waals surface area contributed by atoms with E-state index in [0.29, 0.717) is 34.6 Å². The van der Waals surface area contributed by atoms with E-state index in [1.165, 1.54) is 0 Å². The molecule has 0 spiro atoms. The summed E-state index contributed by atoms with van der Waals surface area (Å²) >= 11 is 3.56. The Morgan fingerprint density at radius 3 is 2.87 bits per heavy atom. The van der Waals surface area contributed by atoms with Crippen molar-refractivity contribution in [1.29, 1.82) is 0 Å². The fourth-order valence-electron chi connectivity index (χ4n) is 4.18. The van der Waals surface area contributed by atoms with Gasteiger partial charge >= 0.3 is 0 Å². The van der Waals surface area contributed by atoms with Crippen LogP contribution in [0.5, 0.6) is 5.75 Å². The Kier molecular flexibility index (Phi) is 8.13. The van der Waals surface area contributed by atoms with Gasteiger partial charge in [-0.2, -0.15) is 0 Å². The summed E-state index contributed by atoms with van der Waals surface area (Å²) in [4.78, 5) is 29.8. The minimum atomic E-state index is -0.0853. The Morgan fingerprint density at radius 1 is 1.40 bits per heavy atom. The molecule has 1 saturated heterocycles. The van der Waals surface area contributed by atoms with Crippen LogP contribution in [-0.4, -0.2) is 68.8 Å². The molecule has 0 bridgehead atoms. The Balaban J connectivity index is 1.89. The Bertz CT molecular complexity index is 765. The maximum atomic E-state index is 13.6. The molecular formula is C22H32BrN3O4. The average Bonchev–Trinajstić information content (AvgIpc) is 2.72. The molecule has 2 aliphatic heterocycles. The Labute approximate surface area is 187 Å². The summed E-state index contributed by atoms with van der Waals surface area (Å²) in [5, 5.41) is 3.40. The molecule has 1 atom stereocenters. The number of nitrogens with one attached hydrogen (secondary N) is 1. The number of rotatable bonds is 8. The topological polar surface area (TPSA) is 71.1 Å². The van der Waals surface area contributed by atoms with Crippen molar-refractivity contribution < 1.29 is 19.1 Å². The molecule has 1 unspecified atom stereocenters. The number of nitrogens with zero attached hydrogens (tertiary/aromatic N) is 2. The summed E-state index contributed by atoms with van der Waals surface area (Å²) < 4.78 is 11.5. The van der Waals surface area contributed by atoms with Gasteiger partial charge in [0.1, 0.15) is 5.75 Å². The third-order valence-corrected chi connectivity index (χ3v) is 6.31. The van der Waals surface area contributed by atoms with Crippen LogP contribution in [0, 0.1) is 0 Å². The zero-order valence-corrected chi connectivity index (χ0v) is 19.7. The standard InChI is InChI=1S/C22H32BrN3O4/c1-15(2)26(16-7-6-8-24-13-16)22(28)17-11-19-20(12-18(17)23)30-14-21(27)25(19)9-4-5-10-29-3/h11-12,15-16,24H,4-10,13-14H2,1-3H3. The summed E-state index contributed by atoms with van der Waals surface area (Å²) in [6.07, 6.45) is 3.75. The SMILES string of the molecule is COCCCCN1C(=O)COc2cc(Br)c(C(=O)N(C(C)C)C3CCCNC3)cc21. The van der Waals surface area contributed by atoms with Crippen molar-refractivity contribution in [2.24, 2.45) is 0 Å². The molecule has 30 heavy (non-hydrogen) atoms. The van der Waals surface area contributed by atoms with Crippen LogP contribution < -0.4 is 15.0 Å². The van der Waals surface area contributed by atoms with E-state index in [1.54, 1.807) is 18.1 Å². The number of piperidine rings is 1. The van der Waals surface area contributed by atoms with Gasteiger partial charge < -0.3 is 24.6 Å². The molecule has 7 nitrogen and oxygen atoms in total. The second-order valence-electron chi connectivity index (χ2n) is 8.14. The van der Waals surface area contributed by atoms with Crippen LogP contribution in [-0.2, 0) is 9.53 Å². The van der Waals surface area contributed by atoms with Crippen molar-refractivity contribution in [3.8, 4) is 5.75 Å². The molecule has 166 valence electrons. The van der Waals surface area contributed by atoms with Crippen molar-refractivity contribution in [3.05, 3.63) is 22.2 Å². The Morgan fingerprint density at radius 2 is 2.20 bits per heavy atom. The van der Waals surface area contributed by atoms with Crippen LogP contribution in [0.25, 0.3) is 0 Å². The summed E-state index contributed by atoms with van der Waals surface area (Å²) in [5.74, 6) is 0.517. The minimum Gasteiger partial charge on any atom is -0.482 e. The lowest BCUT2D eigenvalue weighted by Crippen LogP contribution is -2.51. The zero-order chi connectivity index (χ0) is 21.7. The van der Waals surface area contributed by atoms with E-state index in [1.807, 2.05) is 24.8 Å². The Hall–Kier alpha value is -1.64. The van der Waals surface area contributed by atoms with E-state index in [0.717, 1.165) is 38.8 Å². The third-order valence-electron chi connectivity index (χ3n) is 5.66. The van der Waals surface area contributed by atoms with E-state index >= 15 is 0 Å². The molecule has 0 saturated carbocycles. The summed E-state index contributed by atoms with van der Waals surface area (Å²) in [7, 11) is 1.67. The number of amides is 2. The van der Waals surface area contributed by atoms with Crippen molar-refractivity contribution >= 4 is 33.4 Å². The van der Waals surface area contributed by atoms with Gasteiger partial charge in [-0.1, -0.05) is 0 Å². The van der Waals surface area contributed by atoms with Gasteiger partial charge in [-0.25, -0.2) is 0 Å². The number of carbonyl (C=O) groups is 2. The molecule has 3 rings (SSSR count). The number of anilines is 1. The number of hydrogen-bond acceptors (Lipinski definition) is 5. The molecule has 1 N–H and O–H groups in total. The minimum absolute atomic E-state index is 0.0167. The number of halogens is 1. The van der Waals surface area contributed by atoms with Crippen LogP contribution in [0.15, 0.2) is 16.6 Å². The molecule has 2 heterocycles.